The third kappa shape index (κ3) is 4.56. The third-order valence-corrected chi connectivity index (χ3v) is 7.41. The number of sulfonamides is 1. The van der Waals surface area contributed by atoms with Crippen LogP contribution in [0.3, 0.4) is 0 Å². The van der Waals surface area contributed by atoms with Crippen LogP contribution in [-0.4, -0.2) is 59.3 Å². The second-order valence-electron chi connectivity index (χ2n) is 7.82. The average Bonchev–Trinajstić information content (AvgIpc) is 3.22. The van der Waals surface area contributed by atoms with Crippen LogP contribution in [0.5, 0.6) is 0 Å². The van der Waals surface area contributed by atoms with Gasteiger partial charge < -0.3 is 9.42 Å². The van der Waals surface area contributed by atoms with E-state index >= 15 is 0 Å². The molecule has 1 amide bonds. The molecule has 2 heterocycles. The number of aromatic nitrogens is 2. The van der Waals surface area contributed by atoms with Crippen LogP contribution >= 0.6 is 0 Å². The highest BCUT2D eigenvalue weighted by molar-refractivity contribution is 7.89. The van der Waals surface area contributed by atoms with Gasteiger partial charge in [-0.15, -0.1) is 0 Å². The Morgan fingerprint density at radius 2 is 1.94 bits per heavy atom. The summed E-state index contributed by atoms with van der Waals surface area (Å²) in [4.78, 5) is 18.7. The molecule has 1 unspecified atom stereocenters. The Balaban J connectivity index is 1.40. The summed E-state index contributed by atoms with van der Waals surface area (Å²) in [5.74, 6) is -0.0766. The van der Waals surface area contributed by atoms with E-state index in [0.717, 1.165) is 23.3 Å². The van der Waals surface area contributed by atoms with Gasteiger partial charge in [-0.2, -0.15) is 9.29 Å². The summed E-state index contributed by atoms with van der Waals surface area (Å²) < 4.78 is 45.6. The Bertz CT molecular complexity index is 1230. The van der Waals surface area contributed by atoms with Crippen LogP contribution < -0.4 is 0 Å². The number of amides is 1. The molecule has 32 heavy (non-hydrogen) atoms. The summed E-state index contributed by atoms with van der Waals surface area (Å²) in [6.45, 7) is 4.33. The fourth-order valence-electron chi connectivity index (χ4n) is 3.73. The van der Waals surface area contributed by atoms with E-state index in [4.69, 9.17) is 4.52 Å². The molecule has 168 valence electrons. The summed E-state index contributed by atoms with van der Waals surface area (Å²) in [5.41, 5.74) is 1.84. The van der Waals surface area contributed by atoms with Crippen molar-refractivity contribution in [3.05, 3.63) is 65.7 Å². The number of hydrogen-bond acceptors (Lipinski definition) is 6. The van der Waals surface area contributed by atoms with E-state index in [9.17, 15) is 17.6 Å². The third-order valence-electron chi connectivity index (χ3n) is 5.38. The van der Waals surface area contributed by atoms with Crippen molar-refractivity contribution in [1.29, 1.82) is 0 Å². The standard InChI is InChI=1S/C22H23FN4O4S/c1-15-4-3-5-17(12-15)22-24-20(25-31-22)13-21(28)26-10-11-27(16(2)14-26)32(29,30)19-8-6-18(23)7-9-19/h3-9,12,16H,10-11,13-14H2,1-2H3. The molecule has 0 N–H and O–H groups in total. The van der Waals surface area contributed by atoms with E-state index in [1.165, 1.54) is 16.4 Å². The molecule has 0 bridgehead atoms. The average molecular weight is 459 g/mol. The van der Waals surface area contributed by atoms with E-state index in [1.54, 1.807) is 11.8 Å². The molecule has 8 nitrogen and oxygen atoms in total. The van der Waals surface area contributed by atoms with Gasteiger partial charge in [0.15, 0.2) is 5.82 Å². The second-order valence-corrected chi connectivity index (χ2v) is 9.71. The van der Waals surface area contributed by atoms with Crippen molar-refractivity contribution in [1.82, 2.24) is 19.3 Å². The molecule has 4 rings (SSSR count). The molecule has 0 aliphatic carbocycles. The van der Waals surface area contributed by atoms with Gasteiger partial charge in [-0.1, -0.05) is 22.9 Å². The monoisotopic (exact) mass is 458 g/mol. The van der Waals surface area contributed by atoms with Crippen LogP contribution in [0.15, 0.2) is 57.9 Å². The van der Waals surface area contributed by atoms with Crippen LogP contribution in [0.25, 0.3) is 11.5 Å². The Hall–Kier alpha value is -3.11. The van der Waals surface area contributed by atoms with Crippen molar-refractivity contribution in [2.24, 2.45) is 0 Å². The van der Waals surface area contributed by atoms with Crippen LogP contribution in [-0.2, 0) is 21.2 Å². The maximum absolute atomic E-state index is 13.2. The number of aryl methyl sites for hydroxylation is 1. The van der Waals surface area contributed by atoms with Gasteiger partial charge in [-0.25, -0.2) is 12.8 Å². The summed E-state index contributed by atoms with van der Waals surface area (Å²) in [6.07, 6.45) is -0.0350. The molecule has 3 aromatic rings. The zero-order valence-corrected chi connectivity index (χ0v) is 18.5. The van der Waals surface area contributed by atoms with Gasteiger partial charge >= 0.3 is 0 Å². The number of benzene rings is 2. The van der Waals surface area contributed by atoms with Gasteiger partial charge in [-0.3, -0.25) is 4.79 Å². The molecular weight excluding hydrogens is 435 g/mol. The molecule has 0 spiro atoms. The van der Waals surface area contributed by atoms with Crippen LogP contribution in [0.4, 0.5) is 4.39 Å². The Labute approximate surface area is 185 Å². The molecule has 10 heteroatoms. The number of rotatable bonds is 5. The second kappa shape index (κ2) is 8.79. The number of halogens is 1. The molecule has 1 fully saturated rings. The van der Waals surface area contributed by atoms with Gasteiger partial charge in [0.2, 0.25) is 15.9 Å². The first-order valence-electron chi connectivity index (χ1n) is 10.2. The largest absolute Gasteiger partial charge is 0.339 e. The molecular formula is C22H23FN4O4S. The van der Waals surface area contributed by atoms with Gasteiger partial charge in [0.05, 0.1) is 11.3 Å². The lowest BCUT2D eigenvalue weighted by Gasteiger charge is -2.38. The molecule has 1 aromatic heterocycles. The number of nitrogens with zero attached hydrogens (tertiary/aromatic N) is 4. The van der Waals surface area contributed by atoms with E-state index in [-0.39, 0.29) is 42.7 Å². The van der Waals surface area contributed by atoms with E-state index in [2.05, 4.69) is 10.1 Å². The van der Waals surface area contributed by atoms with Gasteiger partial charge in [-0.05, 0) is 50.2 Å². The van der Waals surface area contributed by atoms with E-state index < -0.39 is 21.9 Å². The number of carbonyl (C=O) groups excluding carboxylic acids is 1. The minimum absolute atomic E-state index is 0.0287. The van der Waals surface area contributed by atoms with Crippen LogP contribution in [0, 0.1) is 12.7 Å². The SMILES string of the molecule is Cc1cccc(-c2nc(CC(=O)N3CCN(S(=O)(=O)c4ccc(F)cc4)C(C)C3)no2)c1. The van der Waals surface area contributed by atoms with Gasteiger partial charge in [0, 0.05) is 31.2 Å². The minimum Gasteiger partial charge on any atom is -0.339 e. The molecule has 1 atom stereocenters. The van der Waals surface area contributed by atoms with Crippen molar-refractivity contribution < 1.29 is 22.1 Å². The highest BCUT2D eigenvalue weighted by Crippen LogP contribution is 2.23. The minimum atomic E-state index is -3.78. The lowest BCUT2D eigenvalue weighted by atomic mass is 10.1. The number of carbonyl (C=O) groups is 1. The normalized spacial score (nSPS) is 17.5. The predicted octanol–water partition coefficient (Wildman–Crippen LogP) is 2.65. The maximum atomic E-state index is 13.2. The summed E-state index contributed by atoms with van der Waals surface area (Å²) in [6, 6.07) is 11.9. The lowest BCUT2D eigenvalue weighted by Crippen LogP contribution is -2.55. The Kier molecular flexibility index (Phi) is 6.07. The molecule has 1 aliphatic rings. The van der Waals surface area contributed by atoms with E-state index in [0.29, 0.717) is 5.89 Å². The zero-order chi connectivity index (χ0) is 22.9. The molecule has 0 radical (unpaired) electrons. The first-order chi connectivity index (χ1) is 15.2. The summed E-state index contributed by atoms with van der Waals surface area (Å²) >= 11 is 0. The predicted molar refractivity (Wildman–Crippen MR) is 115 cm³/mol. The smallest absolute Gasteiger partial charge is 0.257 e. The van der Waals surface area contributed by atoms with Crippen molar-refractivity contribution in [3.8, 4) is 11.5 Å². The van der Waals surface area contributed by atoms with Crippen LogP contribution in [0.2, 0.25) is 0 Å². The highest BCUT2D eigenvalue weighted by atomic mass is 32.2. The molecule has 0 saturated carbocycles. The highest BCUT2D eigenvalue weighted by Gasteiger charge is 2.35. The fourth-order valence-corrected chi connectivity index (χ4v) is 5.35. The van der Waals surface area contributed by atoms with Crippen molar-refractivity contribution in [2.75, 3.05) is 19.6 Å². The summed E-state index contributed by atoms with van der Waals surface area (Å²) in [7, 11) is -3.78. The Morgan fingerprint density at radius 1 is 1.19 bits per heavy atom. The zero-order valence-electron chi connectivity index (χ0n) is 17.7. The summed E-state index contributed by atoms with van der Waals surface area (Å²) in [5, 5.41) is 3.91. The van der Waals surface area contributed by atoms with Gasteiger partial charge in [0.1, 0.15) is 5.82 Å². The van der Waals surface area contributed by atoms with Crippen LogP contribution in [0.1, 0.15) is 18.3 Å². The number of hydrogen-bond donors (Lipinski definition) is 0. The van der Waals surface area contributed by atoms with Crippen molar-refractivity contribution in [3.63, 3.8) is 0 Å². The quantitative estimate of drug-likeness (QED) is 0.583. The molecule has 1 aliphatic heterocycles. The molecule has 2 aromatic carbocycles. The topological polar surface area (TPSA) is 96.6 Å². The first kappa shape index (κ1) is 22.1. The Morgan fingerprint density at radius 3 is 2.62 bits per heavy atom. The maximum Gasteiger partial charge on any atom is 0.257 e. The molecule has 1 saturated heterocycles. The van der Waals surface area contributed by atoms with Crippen molar-refractivity contribution >= 4 is 15.9 Å². The lowest BCUT2D eigenvalue weighted by molar-refractivity contribution is -0.132. The van der Waals surface area contributed by atoms with E-state index in [1.807, 2.05) is 31.2 Å². The number of piperazine rings is 1. The fraction of sp³-hybridized carbons (Fsp3) is 0.318. The van der Waals surface area contributed by atoms with Gasteiger partial charge in [0.25, 0.3) is 5.89 Å². The first-order valence-corrected chi connectivity index (χ1v) is 11.6. The van der Waals surface area contributed by atoms with Crippen molar-refractivity contribution in [2.45, 2.75) is 31.2 Å².